The summed E-state index contributed by atoms with van der Waals surface area (Å²) >= 11 is 0. The zero-order valence-corrected chi connectivity index (χ0v) is 10.5. The van der Waals surface area contributed by atoms with Crippen LogP contribution in [0.5, 0.6) is 0 Å². The van der Waals surface area contributed by atoms with Crippen LogP contribution in [0.4, 0.5) is 11.4 Å². The van der Waals surface area contributed by atoms with E-state index in [4.69, 9.17) is 10.8 Å². The molecule has 8 nitrogen and oxygen atoms in total. The van der Waals surface area contributed by atoms with E-state index in [2.05, 4.69) is 0 Å². The van der Waals surface area contributed by atoms with Gasteiger partial charge in [-0.05, 0) is 25.0 Å². The lowest BCUT2D eigenvalue weighted by atomic mass is 10.1. The number of primary amides is 1. The number of carboxylic acid groups (broad SMARTS) is 1. The van der Waals surface area contributed by atoms with Gasteiger partial charge in [0.15, 0.2) is 0 Å². The maximum atomic E-state index is 11.2. The molecule has 8 heteroatoms. The van der Waals surface area contributed by atoms with Gasteiger partial charge in [-0.3, -0.25) is 14.9 Å². The number of benzene rings is 1. The van der Waals surface area contributed by atoms with Gasteiger partial charge in [0, 0.05) is 18.2 Å². The van der Waals surface area contributed by atoms with Crippen molar-refractivity contribution in [2.45, 2.75) is 18.9 Å². The standard InChI is InChI=1S/C12H13N3O5/c13-11(16)7-3-4-8(10(6-7)15(19)20)14-5-1-2-9(14)12(17)18/h3-4,6,9H,1-2,5H2,(H2,13,16)(H,17,18). The molecule has 0 aromatic heterocycles. The molecule has 1 saturated heterocycles. The topological polar surface area (TPSA) is 127 Å². The zero-order chi connectivity index (χ0) is 14.9. The maximum absolute atomic E-state index is 11.2. The van der Waals surface area contributed by atoms with E-state index in [0.29, 0.717) is 19.4 Å². The molecule has 1 heterocycles. The molecule has 1 fully saturated rings. The fourth-order valence-corrected chi connectivity index (χ4v) is 2.38. The Hall–Kier alpha value is -2.64. The maximum Gasteiger partial charge on any atom is 0.326 e. The number of carboxylic acids is 1. The van der Waals surface area contributed by atoms with Crippen LogP contribution < -0.4 is 10.6 Å². The lowest BCUT2D eigenvalue weighted by molar-refractivity contribution is -0.384. The molecule has 1 aliphatic heterocycles. The van der Waals surface area contributed by atoms with Gasteiger partial charge < -0.3 is 15.7 Å². The highest BCUT2D eigenvalue weighted by Crippen LogP contribution is 2.34. The minimum absolute atomic E-state index is 0.0199. The Bertz CT molecular complexity index is 586. The minimum Gasteiger partial charge on any atom is -0.480 e. The van der Waals surface area contributed by atoms with Gasteiger partial charge in [0.1, 0.15) is 11.7 Å². The van der Waals surface area contributed by atoms with Crippen LogP contribution in [0.3, 0.4) is 0 Å². The van der Waals surface area contributed by atoms with E-state index < -0.39 is 22.8 Å². The van der Waals surface area contributed by atoms with Gasteiger partial charge >= 0.3 is 5.97 Å². The summed E-state index contributed by atoms with van der Waals surface area (Å²) in [5, 5.41) is 20.2. The SMILES string of the molecule is NC(=O)c1ccc(N2CCCC2C(=O)O)c([N+](=O)[O-])c1. The number of rotatable bonds is 4. The molecule has 20 heavy (non-hydrogen) atoms. The van der Waals surface area contributed by atoms with Crippen LogP contribution in [0.2, 0.25) is 0 Å². The van der Waals surface area contributed by atoms with Gasteiger partial charge in [-0.25, -0.2) is 4.79 Å². The second-order valence-electron chi connectivity index (χ2n) is 4.51. The summed E-state index contributed by atoms with van der Waals surface area (Å²) < 4.78 is 0. The molecular weight excluding hydrogens is 266 g/mol. The van der Waals surface area contributed by atoms with Crippen LogP contribution in [0.15, 0.2) is 18.2 Å². The largest absolute Gasteiger partial charge is 0.480 e. The van der Waals surface area contributed by atoms with Crippen molar-refractivity contribution in [1.82, 2.24) is 0 Å². The van der Waals surface area contributed by atoms with Crippen molar-refractivity contribution in [3.63, 3.8) is 0 Å². The van der Waals surface area contributed by atoms with E-state index in [1.54, 1.807) is 0 Å². The summed E-state index contributed by atoms with van der Waals surface area (Å²) in [5.41, 5.74) is 5.00. The highest BCUT2D eigenvalue weighted by molar-refractivity contribution is 5.94. The first kappa shape index (κ1) is 13.8. The van der Waals surface area contributed by atoms with E-state index in [1.807, 2.05) is 0 Å². The van der Waals surface area contributed by atoms with Gasteiger partial charge in [0.05, 0.1) is 4.92 Å². The third kappa shape index (κ3) is 2.40. The molecule has 1 aromatic carbocycles. The summed E-state index contributed by atoms with van der Waals surface area (Å²) in [7, 11) is 0. The number of anilines is 1. The molecule has 1 amide bonds. The van der Waals surface area contributed by atoms with Crippen LogP contribution in [0.25, 0.3) is 0 Å². The van der Waals surface area contributed by atoms with Gasteiger partial charge in [-0.1, -0.05) is 0 Å². The Kier molecular flexibility index (Phi) is 3.55. The fraction of sp³-hybridized carbons (Fsp3) is 0.333. The molecule has 1 aliphatic rings. The molecule has 0 spiro atoms. The van der Waals surface area contributed by atoms with Gasteiger partial charge in [-0.2, -0.15) is 0 Å². The van der Waals surface area contributed by atoms with Crippen molar-refractivity contribution in [3.8, 4) is 0 Å². The van der Waals surface area contributed by atoms with Crippen molar-refractivity contribution in [3.05, 3.63) is 33.9 Å². The zero-order valence-electron chi connectivity index (χ0n) is 10.5. The third-order valence-corrected chi connectivity index (χ3v) is 3.30. The van der Waals surface area contributed by atoms with E-state index in [-0.39, 0.29) is 16.9 Å². The van der Waals surface area contributed by atoms with Crippen LogP contribution >= 0.6 is 0 Å². The Morgan fingerprint density at radius 3 is 2.70 bits per heavy atom. The number of aliphatic carboxylic acids is 1. The summed E-state index contributed by atoms with van der Waals surface area (Å²) in [6, 6.07) is 3.03. The van der Waals surface area contributed by atoms with Crippen molar-refractivity contribution in [2.75, 3.05) is 11.4 Å². The Balaban J connectivity index is 2.48. The normalized spacial score (nSPS) is 18.0. The first-order valence-corrected chi connectivity index (χ1v) is 5.99. The van der Waals surface area contributed by atoms with E-state index >= 15 is 0 Å². The smallest absolute Gasteiger partial charge is 0.326 e. The number of amides is 1. The number of nitrogens with zero attached hydrogens (tertiary/aromatic N) is 2. The van der Waals surface area contributed by atoms with Gasteiger partial charge in [-0.15, -0.1) is 0 Å². The molecule has 0 aliphatic carbocycles. The lowest BCUT2D eigenvalue weighted by Gasteiger charge is -2.23. The summed E-state index contributed by atoms with van der Waals surface area (Å²) in [6.45, 7) is 0.424. The predicted octanol–water partition coefficient (Wildman–Crippen LogP) is 0.747. The Labute approximate surface area is 113 Å². The molecule has 1 unspecified atom stereocenters. The highest BCUT2D eigenvalue weighted by Gasteiger charge is 2.34. The van der Waals surface area contributed by atoms with Crippen LogP contribution in [-0.4, -0.2) is 34.5 Å². The Morgan fingerprint density at radius 2 is 2.15 bits per heavy atom. The van der Waals surface area contributed by atoms with Gasteiger partial charge in [0.2, 0.25) is 5.91 Å². The molecule has 3 N–H and O–H groups in total. The summed E-state index contributed by atoms with van der Waals surface area (Å²) in [4.78, 5) is 34.2. The molecule has 2 rings (SSSR count). The number of hydrogen-bond donors (Lipinski definition) is 2. The summed E-state index contributed by atoms with van der Waals surface area (Å²) in [5.74, 6) is -1.79. The number of nitro groups is 1. The molecule has 1 aromatic rings. The quantitative estimate of drug-likeness (QED) is 0.618. The predicted molar refractivity (Wildman–Crippen MR) is 69.6 cm³/mol. The van der Waals surface area contributed by atoms with E-state index in [0.717, 1.165) is 6.07 Å². The molecule has 0 saturated carbocycles. The van der Waals surface area contributed by atoms with E-state index in [1.165, 1.54) is 17.0 Å². The first-order chi connectivity index (χ1) is 9.41. The van der Waals surface area contributed by atoms with E-state index in [9.17, 15) is 19.7 Å². The summed E-state index contributed by atoms with van der Waals surface area (Å²) in [6.07, 6.45) is 1.08. The highest BCUT2D eigenvalue weighted by atomic mass is 16.6. The number of hydrogen-bond acceptors (Lipinski definition) is 5. The number of carbonyl (C=O) groups is 2. The third-order valence-electron chi connectivity index (χ3n) is 3.30. The van der Waals surface area contributed by atoms with Crippen molar-refractivity contribution in [1.29, 1.82) is 0 Å². The second-order valence-corrected chi connectivity index (χ2v) is 4.51. The number of nitro benzene ring substituents is 1. The monoisotopic (exact) mass is 279 g/mol. The fourth-order valence-electron chi connectivity index (χ4n) is 2.38. The van der Waals surface area contributed by atoms with Crippen LogP contribution in [-0.2, 0) is 4.79 Å². The molecule has 106 valence electrons. The van der Waals surface area contributed by atoms with Crippen LogP contribution in [0.1, 0.15) is 23.2 Å². The van der Waals surface area contributed by atoms with Gasteiger partial charge in [0.25, 0.3) is 5.69 Å². The Morgan fingerprint density at radius 1 is 1.45 bits per heavy atom. The molecule has 1 atom stereocenters. The second kappa shape index (κ2) is 5.16. The number of nitrogens with two attached hydrogens (primary N) is 1. The van der Waals surface area contributed by atoms with Crippen LogP contribution in [0, 0.1) is 10.1 Å². The first-order valence-electron chi connectivity index (χ1n) is 5.99. The van der Waals surface area contributed by atoms with Crippen molar-refractivity contribution in [2.24, 2.45) is 5.73 Å². The molecule has 0 radical (unpaired) electrons. The molecule has 0 bridgehead atoms. The molecular formula is C12H13N3O5. The average molecular weight is 279 g/mol. The average Bonchev–Trinajstić information content (AvgIpc) is 2.86. The van der Waals surface area contributed by atoms with Crippen molar-refractivity contribution < 1.29 is 19.6 Å². The number of carbonyl (C=O) groups excluding carboxylic acids is 1. The lowest BCUT2D eigenvalue weighted by Crippen LogP contribution is -2.36. The minimum atomic E-state index is -1.02. The van der Waals surface area contributed by atoms with Crippen molar-refractivity contribution >= 4 is 23.3 Å².